The molecule has 1 aromatic carbocycles. The van der Waals surface area contributed by atoms with Crippen LogP contribution in [0.4, 0.5) is 5.69 Å². The molecule has 0 bridgehead atoms. The molecule has 0 aliphatic rings. The number of aromatic nitrogens is 3. The largest absolute Gasteiger partial charge is 0.322 e. The number of fused-ring (bicyclic) bond motifs is 1. The van der Waals surface area contributed by atoms with E-state index >= 15 is 0 Å². The molecule has 0 atom stereocenters. The fourth-order valence-electron chi connectivity index (χ4n) is 2.58. The van der Waals surface area contributed by atoms with Crippen molar-refractivity contribution in [2.24, 2.45) is 0 Å². The molecule has 0 fully saturated rings. The number of nitrogens with one attached hydrogen (secondary N) is 1. The van der Waals surface area contributed by atoms with Crippen LogP contribution in [0.3, 0.4) is 0 Å². The molecule has 0 saturated carbocycles. The molecule has 3 rings (SSSR count). The normalized spacial score (nSPS) is 11.2. The number of hydrogen-bond acceptors (Lipinski definition) is 3. The Morgan fingerprint density at radius 3 is 2.67 bits per heavy atom. The molecule has 0 saturated heterocycles. The second-order valence-corrected chi connectivity index (χ2v) is 7.31. The molecular weight excluding hydrogens is 415 g/mol. The fraction of sp³-hybridized carbons (Fsp3) is 0.278. The highest BCUT2D eigenvalue weighted by Crippen LogP contribution is 2.23. The van der Waals surface area contributed by atoms with Gasteiger partial charge in [-0.25, -0.2) is 9.67 Å². The second kappa shape index (κ2) is 6.51. The molecule has 3 aromatic rings. The van der Waals surface area contributed by atoms with Crippen molar-refractivity contribution in [3.63, 3.8) is 0 Å². The summed E-state index contributed by atoms with van der Waals surface area (Å²) in [6.07, 6.45) is 1.72. The number of rotatable bonds is 3. The Balaban J connectivity index is 2.01. The van der Waals surface area contributed by atoms with Gasteiger partial charge >= 0.3 is 0 Å². The Morgan fingerprint density at radius 2 is 2.00 bits per heavy atom. The molecule has 0 unspecified atom stereocenters. The highest BCUT2D eigenvalue weighted by atomic mass is 127. The standard InChI is InChI=1S/C18H19IN4O/c1-10(2)23-17-15(9-20-23)14(7-12(4)21-17)18(24)22-13-6-5-11(3)16(19)8-13/h5-10H,1-4H3,(H,22,24). The van der Waals surface area contributed by atoms with E-state index in [-0.39, 0.29) is 11.9 Å². The summed E-state index contributed by atoms with van der Waals surface area (Å²) in [5.74, 6) is -0.145. The van der Waals surface area contributed by atoms with Crippen LogP contribution in [-0.2, 0) is 0 Å². The van der Waals surface area contributed by atoms with Gasteiger partial charge in [0.1, 0.15) is 0 Å². The Kier molecular flexibility index (Phi) is 4.58. The summed E-state index contributed by atoms with van der Waals surface area (Å²) >= 11 is 2.27. The Morgan fingerprint density at radius 1 is 1.25 bits per heavy atom. The molecule has 124 valence electrons. The summed E-state index contributed by atoms with van der Waals surface area (Å²) in [5.41, 5.74) is 4.12. The maximum Gasteiger partial charge on any atom is 0.256 e. The number of nitrogens with zero attached hydrogens (tertiary/aromatic N) is 3. The topological polar surface area (TPSA) is 59.8 Å². The summed E-state index contributed by atoms with van der Waals surface area (Å²) in [4.78, 5) is 17.3. The van der Waals surface area contributed by atoms with E-state index in [9.17, 15) is 4.79 Å². The third-order valence-corrected chi connectivity index (χ3v) is 5.02. The molecule has 6 heteroatoms. The average Bonchev–Trinajstić information content (AvgIpc) is 2.93. The zero-order valence-corrected chi connectivity index (χ0v) is 16.2. The van der Waals surface area contributed by atoms with Crippen LogP contribution in [0.5, 0.6) is 0 Å². The van der Waals surface area contributed by atoms with E-state index < -0.39 is 0 Å². The van der Waals surface area contributed by atoms with Crippen molar-refractivity contribution in [3.05, 3.63) is 50.9 Å². The van der Waals surface area contributed by atoms with Crippen LogP contribution in [0.2, 0.25) is 0 Å². The average molecular weight is 434 g/mol. The van der Waals surface area contributed by atoms with Gasteiger partial charge in [-0.15, -0.1) is 0 Å². The lowest BCUT2D eigenvalue weighted by atomic mass is 10.1. The molecule has 1 amide bonds. The van der Waals surface area contributed by atoms with Gasteiger partial charge in [-0.3, -0.25) is 4.79 Å². The van der Waals surface area contributed by atoms with Gasteiger partial charge in [-0.2, -0.15) is 5.10 Å². The lowest BCUT2D eigenvalue weighted by Gasteiger charge is -2.10. The van der Waals surface area contributed by atoms with E-state index in [0.717, 1.165) is 26.0 Å². The van der Waals surface area contributed by atoms with E-state index in [0.29, 0.717) is 5.56 Å². The molecule has 1 N–H and O–H groups in total. The SMILES string of the molecule is Cc1cc(C(=O)Nc2ccc(C)c(I)c2)c2cnn(C(C)C)c2n1. The van der Waals surface area contributed by atoms with Crippen LogP contribution < -0.4 is 5.32 Å². The van der Waals surface area contributed by atoms with Crippen molar-refractivity contribution in [2.75, 3.05) is 5.32 Å². The quantitative estimate of drug-likeness (QED) is 0.619. The Bertz CT molecular complexity index is 930. The number of carbonyl (C=O) groups excluding carboxylic acids is 1. The molecular formula is C18H19IN4O. The summed E-state index contributed by atoms with van der Waals surface area (Å²) in [7, 11) is 0. The van der Waals surface area contributed by atoms with Crippen molar-refractivity contribution >= 4 is 45.2 Å². The van der Waals surface area contributed by atoms with E-state index in [1.165, 1.54) is 5.56 Å². The van der Waals surface area contributed by atoms with Gasteiger partial charge in [0.2, 0.25) is 0 Å². The fourth-order valence-corrected chi connectivity index (χ4v) is 3.09. The number of benzene rings is 1. The van der Waals surface area contributed by atoms with Crippen molar-refractivity contribution < 1.29 is 4.79 Å². The van der Waals surface area contributed by atoms with Crippen molar-refractivity contribution in [3.8, 4) is 0 Å². The molecule has 0 radical (unpaired) electrons. The molecule has 5 nitrogen and oxygen atoms in total. The van der Waals surface area contributed by atoms with E-state index in [2.05, 4.69) is 38.0 Å². The van der Waals surface area contributed by atoms with E-state index in [1.54, 1.807) is 6.20 Å². The number of halogens is 1. The number of amides is 1. The third-order valence-electron chi connectivity index (χ3n) is 3.86. The van der Waals surface area contributed by atoms with Crippen molar-refractivity contribution in [1.29, 1.82) is 0 Å². The minimum Gasteiger partial charge on any atom is -0.322 e. The number of aryl methyl sites for hydroxylation is 2. The van der Waals surface area contributed by atoms with Crippen LogP contribution in [0.25, 0.3) is 11.0 Å². The minimum atomic E-state index is -0.145. The maximum atomic E-state index is 12.8. The van der Waals surface area contributed by atoms with Crippen LogP contribution >= 0.6 is 22.6 Å². The number of anilines is 1. The second-order valence-electron chi connectivity index (χ2n) is 6.15. The highest BCUT2D eigenvalue weighted by molar-refractivity contribution is 14.1. The zero-order chi connectivity index (χ0) is 17.4. The summed E-state index contributed by atoms with van der Waals surface area (Å²) in [5, 5.41) is 8.13. The third kappa shape index (κ3) is 3.15. The Labute approximate surface area is 154 Å². The molecule has 0 aliphatic heterocycles. The first-order valence-electron chi connectivity index (χ1n) is 7.79. The van der Waals surface area contributed by atoms with Gasteiger partial charge in [0.25, 0.3) is 5.91 Å². The monoisotopic (exact) mass is 434 g/mol. The van der Waals surface area contributed by atoms with Crippen LogP contribution in [0.15, 0.2) is 30.5 Å². The summed E-state index contributed by atoms with van der Waals surface area (Å²) in [6, 6.07) is 7.88. The van der Waals surface area contributed by atoms with Gasteiger partial charge in [-0.1, -0.05) is 6.07 Å². The predicted molar refractivity (Wildman–Crippen MR) is 104 cm³/mol. The maximum absolute atomic E-state index is 12.8. The summed E-state index contributed by atoms with van der Waals surface area (Å²) < 4.78 is 2.96. The molecule has 0 spiro atoms. The predicted octanol–water partition coefficient (Wildman–Crippen LogP) is 4.49. The van der Waals surface area contributed by atoms with Gasteiger partial charge < -0.3 is 5.32 Å². The zero-order valence-electron chi connectivity index (χ0n) is 14.1. The first-order chi connectivity index (χ1) is 11.4. The molecule has 0 aliphatic carbocycles. The van der Waals surface area contributed by atoms with Gasteiger partial charge in [0.15, 0.2) is 5.65 Å². The van der Waals surface area contributed by atoms with Gasteiger partial charge in [0.05, 0.1) is 17.1 Å². The van der Waals surface area contributed by atoms with Gasteiger partial charge in [-0.05, 0) is 74.0 Å². The molecule has 2 aromatic heterocycles. The minimum absolute atomic E-state index is 0.145. The van der Waals surface area contributed by atoms with Crippen LogP contribution in [-0.4, -0.2) is 20.7 Å². The van der Waals surface area contributed by atoms with Crippen molar-refractivity contribution in [1.82, 2.24) is 14.8 Å². The lowest BCUT2D eigenvalue weighted by Crippen LogP contribution is -2.13. The first-order valence-corrected chi connectivity index (χ1v) is 8.87. The summed E-state index contributed by atoms with van der Waals surface area (Å²) in [6.45, 7) is 8.03. The van der Waals surface area contributed by atoms with E-state index in [4.69, 9.17) is 0 Å². The Hall–Kier alpha value is -1.96. The smallest absolute Gasteiger partial charge is 0.256 e. The first kappa shape index (κ1) is 16.9. The molecule has 2 heterocycles. The highest BCUT2D eigenvalue weighted by Gasteiger charge is 2.17. The van der Waals surface area contributed by atoms with Crippen LogP contribution in [0, 0.1) is 17.4 Å². The van der Waals surface area contributed by atoms with E-state index in [1.807, 2.05) is 56.6 Å². The number of pyridine rings is 1. The van der Waals surface area contributed by atoms with Crippen LogP contribution in [0.1, 0.15) is 41.5 Å². The number of carbonyl (C=O) groups is 1. The molecule has 24 heavy (non-hydrogen) atoms. The van der Waals surface area contributed by atoms with Gasteiger partial charge in [0, 0.05) is 21.0 Å². The lowest BCUT2D eigenvalue weighted by molar-refractivity contribution is 0.102. The van der Waals surface area contributed by atoms with Crippen molar-refractivity contribution in [2.45, 2.75) is 33.7 Å². The number of hydrogen-bond donors (Lipinski definition) is 1.